The Morgan fingerprint density at radius 3 is 2.55 bits per heavy atom. The van der Waals surface area contributed by atoms with Crippen LogP contribution in [0.3, 0.4) is 0 Å². The zero-order valence-corrected chi connectivity index (χ0v) is 6.24. The molecule has 0 aliphatic rings. The van der Waals surface area contributed by atoms with Crippen molar-refractivity contribution in [1.82, 2.24) is 5.06 Å². The summed E-state index contributed by atoms with van der Waals surface area (Å²) in [5, 5.41) is 0.740. The molecule has 0 bridgehead atoms. The highest BCUT2D eigenvalue weighted by molar-refractivity contribution is 5.82. The van der Waals surface area contributed by atoms with E-state index in [2.05, 4.69) is 11.4 Å². The second-order valence-electron chi connectivity index (χ2n) is 1.65. The molecule has 0 heterocycles. The summed E-state index contributed by atoms with van der Waals surface area (Å²) < 4.78 is 0. The molecule has 5 nitrogen and oxygen atoms in total. The summed E-state index contributed by atoms with van der Waals surface area (Å²) in [6.45, 7) is 5.00. The number of carbonyl (C=O) groups is 2. The van der Waals surface area contributed by atoms with E-state index in [-0.39, 0.29) is 6.54 Å². The van der Waals surface area contributed by atoms with Gasteiger partial charge in [-0.05, 0) is 6.92 Å². The van der Waals surface area contributed by atoms with Crippen LogP contribution in [0.4, 0.5) is 4.79 Å². The average molecular weight is 158 g/mol. The number of rotatable bonds is 2. The molecule has 0 fully saturated rings. The number of hydroxylamine groups is 2. The van der Waals surface area contributed by atoms with Crippen LogP contribution in [0.15, 0.2) is 12.7 Å². The zero-order valence-electron chi connectivity index (χ0n) is 6.24. The standard InChI is InChI=1S/C6H10N2O3/c1-3-5(9)11-8(4-2)6(7)10/h3H,1,4H2,2H3,(H2,7,10). The van der Waals surface area contributed by atoms with E-state index in [4.69, 9.17) is 5.73 Å². The van der Waals surface area contributed by atoms with Gasteiger partial charge in [0.1, 0.15) is 0 Å². The fraction of sp³-hybridized carbons (Fsp3) is 0.333. The second kappa shape index (κ2) is 4.32. The maximum Gasteiger partial charge on any atom is 0.355 e. The number of hydrogen-bond acceptors (Lipinski definition) is 3. The minimum atomic E-state index is -0.803. The Balaban J connectivity index is 3.97. The Morgan fingerprint density at radius 2 is 2.27 bits per heavy atom. The molecule has 0 aliphatic carbocycles. The molecule has 0 saturated heterocycles. The third-order valence-corrected chi connectivity index (χ3v) is 0.900. The van der Waals surface area contributed by atoms with Crippen LogP contribution in [0.25, 0.3) is 0 Å². The lowest BCUT2D eigenvalue weighted by Crippen LogP contribution is -2.36. The molecular formula is C6H10N2O3. The van der Waals surface area contributed by atoms with Crippen molar-refractivity contribution in [3.05, 3.63) is 12.7 Å². The number of urea groups is 1. The number of primary amides is 1. The molecule has 0 atom stereocenters. The maximum absolute atomic E-state index is 10.5. The smallest absolute Gasteiger partial charge is 0.349 e. The zero-order chi connectivity index (χ0) is 8.85. The summed E-state index contributed by atoms with van der Waals surface area (Å²) in [5.41, 5.74) is 4.83. The molecule has 0 aromatic rings. The van der Waals surface area contributed by atoms with Gasteiger partial charge in [0, 0.05) is 6.08 Å². The molecule has 0 aromatic carbocycles. The summed E-state index contributed by atoms with van der Waals surface area (Å²) in [5.74, 6) is -0.703. The van der Waals surface area contributed by atoms with E-state index in [1.54, 1.807) is 6.92 Å². The first-order chi connectivity index (χ1) is 5.11. The van der Waals surface area contributed by atoms with Gasteiger partial charge >= 0.3 is 12.0 Å². The summed E-state index contributed by atoms with van der Waals surface area (Å²) in [4.78, 5) is 25.3. The third-order valence-electron chi connectivity index (χ3n) is 0.900. The van der Waals surface area contributed by atoms with E-state index < -0.39 is 12.0 Å². The Bertz CT molecular complexity index is 179. The Kier molecular flexibility index (Phi) is 3.72. The van der Waals surface area contributed by atoms with Crippen LogP contribution < -0.4 is 5.73 Å². The van der Waals surface area contributed by atoms with E-state index in [9.17, 15) is 9.59 Å². The molecule has 0 saturated carbocycles. The molecule has 0 radical (unpaired) electrons. The minimum Gasteiger partial charge on any atom is -0.349 e. The van der Waals surface area contributed by atoms with E-state index in [1.807, 2.05) is 0 Å². The highest BCUT2D eigenvalue weighted by Crippen LogP contribution is 1.90. The highest BCUT2D eigenvalue weighted by Gasteiger charge is 2.10. The van der Waals surface area contributed by atoms with Gasteiger partial charge in [-0.25, -0.2) is 9.59 Å². The molecule has 0 aliphatic heterocycles. The van der Waals surface area contributed by atoms with Gasteiger partial charge in [-0.3, -0.25) is 0 Å². The molecule has 5 heteroatoms. The molecule has 2 N–H and O–H groups in total. The first-order valence-corrected chi connectivity index (χ1v) is 3.03. The van der Waals surface area contributed by atoms with Crippen LogP contribution in [-0.2, 0) is 9.63 Å². The molecule has 2 amide bonds. The number of hydrogen-bond donors (Lipinski definition) is 1. The Labute approximate surface area is 64.4 Å². The first-order valence-electron chi connectivity index (χ1n) is 3.03. The molecule has 0 unspecified atom stereocenters. The topological polar surface area (TPSA) is 72.6 Å². The molecule has 62 valence electrons. The third kappa shape index (κ3) is 3.24. The number of nitrogens with two attached hydrogens (primary N) is 1. The SMILES string of the molecule is C=CC(=O)ON(CC)C(N)=O. The quantitative estimate of drug-likeness (QED) is 0.455. The van der Waals surface area contributed by atoms with Crippen LogP contribution in [-0.4, -0.2) is 23.6 Å². The monoisotopic (exact) mass is 158 g/mol. The normalized spacial score (nSPS) is 8.45. The first kappa shape index (κ1) is 9.48. The molecular weight excluding hydrogens is 148 g/mol. The fourth-order valence-electron chi connectivity index (χ4n) is 0.411. The Hall–Kier alpha value is -1.52. The van der Waals surface area contributed by atoms with Crippen molar-refractivity contribution in [2.75, 3.05) is 6.54 Å². The second-order valence-corrected chi connectivity index (χ2v) is 1.65. The van der Waals surface area contributed by atoms with Crippen molar-refractivity contribution in [1.29, 1.82) is 0 Å². The van der Waals surface area contributed by atoms with Gasteiger partial charge in [0.05, 0.1) is 6.54 Å². The molecule has 0 aromatic heterocycles. The van der Waals surface area contributed by atoms with Gasteiger partial charge in [0.25, 0.3) is 0 Å². The lowest BCUT2D eigenvalue weighted by molar-refractivity contribution is -0.168. The van der Waals surface area contributed by atoms with Crippen molar-refractivity contribution >= 4 is 12.0 Å². The van der Waals surface area contributed by atoms with Crippen molar-refractivity contribution < 1.29 is 14.4 Å². The van der Waals surface area contributed by atoms with Crippen LogP contribution in [0.2, 0.25) is 0 Å². The predicted octanol–water partition coefficient (Wildman–Crippen LogP) is 0.0312. The predicted molar refractivity (Wildman–Crippen MR) is 38.3 cm³/mol. The highest BCUT2D eigenvalue weighted by atomic mass is 16.7. The lowest BCUT2D eigenvalue weighted by atomic mass is 10.7. The summed E-state index contributed by atoms with van der Waals surface area (Å²) in [6, 6.07) is -0.803. The van der Waals surface area contributed by atoms with Gasteiger partial charge in [0.2, 0.25) is 0 Å². The van der Waals surface area contributed by atoms with Gasteiger partial charge in [0.15, 0.2) is 0 Å². The Morgan fingerprint density at radius 1 is 1.73 bits per heavy atom. The van der Waals surface area contributed by atoms with E-state index in [1.165, 1.54) is 0 Å². The number of carbonyl (C=O) groups excluding carboxylic acids is 2. The van der Waals surface area contributed by atoms with Crippen molar-refractivity contribution in [3.63, 3.8) is 0 Å². The fourth-order valence-corrected chi connectivity index (χ4v) is 0.411. The number of nitrogens with zero attached hydrogens (tertiary/aromatic N) is 1. The average Bonchev–Trinajstić information content (AvgIpc) is 1.99. The van der Waals surface area contributed by atoms with Gasteiger partial charge in [-0.15, -0.1) is 0 Å². The largest absolute Gasteiger partial charge is 0.355 e. The van der Waals surface area contributed by atoms with Crippen LogP contribution in [0, 0.1) is 0 Å². The van der Waals surface area contributed by atoms with E-state index in [0.717, 1.165) is 11.1 Å². The van der Waals surface area contributed by atoms with Crippen LogP contribution in [0.1, 0.15) is 6.92 Å². The van der Waals surface area contributed by atoms with Gasteiger partial charge in [-0.2, -0.15) is 5.06 Å². The van der Waals surface area contributed by atoms with Crippen molar-refractivity contribution in [2.45, 2.75) is 6.92 Å². The molecule has 11 heavy (non-hydrogen) atoms. The summed E-state index contributed by atoms with van der Waals surface area (Å²) >= 11 is 0. The molecule has 0 spiro atoms. The van der Waals surface area contributed by atoms with E-state index >= 15 is 0 Å². The number of amides is 2. The van der Waals surface area contributed by atoms with Gasteiger partial charge in [-0.1, -0.05) is 6.58 Å². The van der Waals surface area contributed by atoms with Crippen molar-refractivity contribution in [3.8, 4) is 0 Å². The lowest BCUT2D eigenvalue weighted by Gasteiger charge is -2.14. The van der Waals surface area contributed by atoms with Crippen LogP contribution >= 0.6 is 0 Å². The molecule has 0 rings (SSSR count). The maximum atomic E-state index is 10.5. The van der Waals surface area contributed by atoms with Gasteiger partial charge < -0.3 is 10.6 Å². The minimum absolute atomic E-state index is 0.217. The van der Waals surface area contributed by atoms with E-state index in [0.29, 0.717) is 0 Å². The summed E-state index contributed by atoms with van der Waals surface area (Å²) in [6.07, 6.45) is 0.950. The van der Waals surface area contributed by atoms with Crippen molar-refractivity contribution in [2.24, 2.45) is 5.73 Å². The summed E-state index contributed by atoms with van der Waals surface area (Å²) in [7, 11) is 0. The van der Waals surface area contributed by atoms with Crippen LogP contribution in [0.5, 0.6) is 0 Å².